The van der Waals surface area contributed by atoms with Crippen LogP contribution in [0.2, 0.25) is 0 Å². The molecule has 0 saturated heterocycles. The van der Waals surface area contributed by atoms with Gasteiger partial charge in [0.05, 0.1) is 24.2 Å². The molecule has 7 heteroatoms. The third-order valence-electron chi connectivity index (χ3n) is 1.98. The molecule has 1 amide bonds. The standard InChI is InChI=1S/C11H14N2O5/c1-7(2)18-11(14)12-9-5-4-8(17-3)6-10(9)13(15)16/h4-7H,1-3H3,(H,12,14). The summed E-state index contributed by atoms with van der Waals surface area (Å²) in [7, 11) is 1.40. The average molecular weight is 254 g/mol. The van der Waals surface area contributed by atoms with Crippen molar-refractivity contribution in [3.63, 3.8) is 0 Å². The first-order chi connectivity index (χ1) is 8.43. The summed E-state index contributed by atoms with van der Waals surface area (Å²) in [4.78, 5) is 21.6. The second-order valence-corrected chi connectivity index (χ2v) is 3.72. The van der Waals surface area contributed by atoms with E-state index < -0.39 is 11.0 Å². The van der Waals surface area contributed by atoms with Crippen LogP contribution in [0.25, 0.3) is 0 Å². The summed E-state index contributed by atoms with van der Waals surface area (Å²) in [5.74, 6) is 0.337. The molecule has 18 heavy (non-hydrogen) atoms. The number of hydrogen-bond acceptors (Lipinski definition) is 5. The van der Waals surface area contributed by atoms with Gasteiger partial charge in [-0.25, -0.2) is 4.79 Å². The van der Waals surface area contributed by atoms with Gasteiger partial charge in [0.25, 0.3) is 5.69 Å². The molecule has 98 valence electrons. The maximum absolute atomic E-state index is 11.4. The Kier molecular flexibility index (Phi) is 4.47. The molecular weight excluding hydrogens is 240 g/mol. The summed E-state index contributed by atoms with van der Waals surface area (Å²) >= 11 is 0. The van der Waals surface area contributed by atoms with Gasteiger partial charge in [-0.1, -0.05) is 0 Å². The number of rotatable bonds is 4. The fourth-order valence-corrected chi connectivity index (χ4v) is 1.25. The second kappa shape index (κ2) is 5.85. The van der Waals surface area contributed by atoms with Crippen molar-refractivity contribution in [1.82, 2.24) is 0 Å². The van der Waals surface area contributed by atoms with Crippen LogP contribution in [-0.2, 0) is 4.74 Å². The summed E-state index contributed by atoms with van der Waals surface area (Å²) in [6, 6.07) is 4.13. The fraction of sp³-hybridized carbons (Fsp3) is 0.364. The SMILES string of the molecule is COc1ccc(NC(=O)OC(C)C)c([N+](=O)[O-])c1. The zero-order valence-corrected chi connectivity index (χ0v) is 10.3. The zero-order valence-electron chi connectivity index (χ0n) is 10.3. The number of hydrogen-bond donors (Lipinski definition) is 1. The summed E-state index contributed by atoms with van der Waals surface area (Å²) in [6.45, 7) is 3.37. The number of nitrogens with zero attached hydrogens (tertiary/aromatic N) is 1. The molecule has 1 aromatic carbocycles. The van der Waals surface area contributed by atoms with E-state index in [0.717, 1.165) is 0 Å². The summed E-state index contributed by atoms with van der Waals surface area (Å²) < 4.78 is 9.72. The molecule has 0 aliphatic carbocycles. The third-order valence-corrected chi connectivity index (χ3v) is 1.98. The highest BCUT2D eigenvalue weighted by molar-refractivity contribution is 5.88. The Bertz CT molecular complexity index is 459. The van der Waals surface area contributed by atoms with Crippen LogP contribution in [0.15, 0.2) is 18.2 Å². The summed E-state index contributed by atoms with van der Waals surface area (Å²) in [6.07, 6.45) is -1.04. The van der Waals surface area contributed by atoms with Crippen LogP contribution in [0.4, 0.5) is 16.2 Å². The Morgan fingerprint density at radius 2 is 2.11 bits per heavy atom. The van der Waals surface area contributed by atoms with Gasteiger partial charge in [-0.2, -0.15) is 0 Å². The molecule has 1 N–H and O–H groups in total. The van der Waals surface area contributed by atoms with Gasteiger partial charge >= 0.3 is 6.09 Å². The maximum atomic E-state index is 11.4. The Morgan fingerprint density at radius 3 is 2.61 bits per heavy atom. The molecule has 0 aliphatic rings. The third kappa shape index (κ3) is 3.62. The fourth-order valence-electron chi connectivity index (χ4n) is 1.25. The van der Waals surface area contributed by atoms with Gasteiger partial charge < -0.3 is 9.47 Å². The monoisotopic (exact) mass is 254 g/mol. The van der Waals surface area contributed by atoms with Crippen LogP contribution in [-0.4, -0.2) is 24.2 Å². The number of benzene rings is 1. The average Bonchev–Trinajstić information content (AvgIpc) is 2.28. The first-order valence-corrected chi connectivity index (χ1v) is 5.24. The molecule has 0 unspecified atom stereocenters. The minimum absolute atomic E-state index is 0.0615. The first-order valence-electron chi connectivity index (χ1n) is 5.24. The molecule has 0 heterocycles. The van der Waals surface area contributed by atoms with Gasteiger partial charge in [0.15, 0.2) is 0 Å². The van der Waals surface area contributed by atoms with Crippen molar-refractivity contribution >= 4 is 17.5 Å². The highest BCUT2D eigenvalue weighted by Gasteiger charge is 2.18. The van der Waals surface area contributed by atoms with Crippen molar-refractivity contribution in [1.29, 1.82) is 0 Å². The van der Waals surface area contributed by atoms with E-state index in [1.807, 2.05) is 0 Å². The van der Waals surface area contributed by atoms with E-state index in [0.29, 0.717) is 5.75 Å². The number of anilines is 1. The molecule has 0 saturated carbocycles. The van der Waals surface area contributed by atoms with E-state index in [1.165, 1.54) is 25.3 Å². The van der Waals surface area contributed by atoms with Crippen LogP contribution >= 0.6 is 0 Å². The molecule has 1 rings (SSSR count). The van der Waals surface area contributed by atoms with E-state index in [-0.39, 0.29) is 17.5 Å². The van der Waals surface area contributed by atoms with Crippen molar-refractivity contribution in [3.8, 4) is 5.75 Å². The molecule has 0 aliphatic heterocycles. The van der Waals surface area contributed by atoms with Gasteiger partial charge in [-0.05, 0) is 26.0 Å². The number of nitro groups is 1. The molecule has 0 aromatic heterocycles. The predicted octanol–water partition coefficient (Wildman–Crippen LogP) is 2.56. The minimum atomic E-state index is -0.738. The molecular formula is C11H14N2O5. The molecule has 0 atom stereocenters. The Hall–Kier alpha value is -2.31. The predicted molar refractivity (Wildman–Crippen MR) is 64.9 cm³/mol. The lowest BCUT2D eigenvalue weighted by atomic mass is 10.2. The van der Waals surface area contributed by atoms with Crippen molar-refractivity contribution in [3.05, 3.63) is 28.3 Å². The van der Waals surface area contributed by atoms with Gasteiger partial charge in [0, 0.05) is 0 Å². The van der Waals surface area contributed by atoms with E-state index in [1.54, 1.807) is 13.8 Å². The normalized spacial score (nSPS) is 10.0. The lowest BCUT2D eigenvalue weighted by Gasteiger charge is -2.10. The molecule has 0 spiro atoms. The van der Waals surface area contributed by atoms with Crippen LogP contribution in [0.1, 0.15) is 13.8 Å². The first kappa shape index (κ1) is 13.8. The highest BCUT2D eigenvalue weighted by atomic mass is 16.6. The quantitative estimate of drug-likeness (QED) is 0.658. The van der Waals surface area contributed by atoms with Gasteiger partial charge in [0.2, 0.25) is 0 Å². The van der Waals surface area contributed by atoms with E-state index in [2.05, 4.69) is 5.32 Å². The Labute approximate surface area is 104 Å². The van der Waals surface area contributed by atoms with E-state index >= 15 is 0 Å². The topological polar surface area (TPSA) is 90.7 Å². The Balaban J connectivity index is 2.94. The molecule has 0 radical (unpaired) electrons. The molecule has 0 bridgehead atoms. The minimum Gasteiger partial charge on any atom is -0.496 e. The molecule has 1 aromatic rings. The molecule has 7 nitrogen and oxygen atoms in total. The number of ether oxygens (including phenoxy) is 2. The van der Waals surface area contributed by atoms with E-state index in [4.69, 9.17) is 9.47 Å². The number of nitrogens with one attached hydrogen (secondary N) is 1. The van der Waals surface area contributed by atoms with Crippen molar-refractivity contribution < 1.29 is 19.2 Å². The van der Waals surface area contributed by atoms with Crippen LogP contribution < -0.4 is 10.1 Å². The molecule has 0 fully saturated rings. The lowest BCUT2D eigenvalue weighted by Crippen LogP contribution is -2.18. The van der Waals surface area contributed by atoms with Gasteiger partial charge in [-0.15, -0.1) is 0 Å². The second-order valence-electron chi connectivity index (χ2n) is 3.72. The number of carbonyl (C=O) groups excluding carboxylic acids is 1. The van der Waals surface area contributed by atoms with Crippen LogP contribution in [0.5, 0.6) is 5.75 Å². The van der Waals surface area contributed by atoms with Crippen LogP contribution in [0, 0.1) is 10.1 Å². The number of methoxy groups -OCH3 is 1. The smallest absolute Gasteiger partial charge is 0.412 e. The number of carbonyl (C=O) groups is 1. The van der Waals surface area contributed by atoms with Crippen molar-refractivity contribution in [2.45, 2.75) is 20.0 Å². The van der Waals surface area contributed by atoms with Crippen molar-refractivity contribution in [2.75, 3.05) is 12.4 Å². The zero-order chi connectivity index (χ0) is 13.7. The summed E-state index contributed by atoms with van der Waals surface area (Å²) in [5.41, 5.74) is -0.193. The van der Waals surface area contributed by atoms with Crippen LogP contribution in [0.3, 0.4) is 0 Å². The largest absolute Gasteiger partial charge is 0.496 e. The maximum Gasteiger partial charge on any atom is 0.412 e. The number of nitro benzene ring substituents is 1. The van der Waals surface area contributed by atoms with Gasteiger partial charge in [-0.3, -0.25) is 15.4 Å². The lowest BCUT2D eigenvalue weighted by molar-refractivity contribution is -0.384. The number of amides is 1. The van der Waals surface area contributed by atoms with Crippen molar-refractivity contribution in [2.24, 2.45) is 0 Å². The highest BCUT2D eigenvalue weighted by Crippen LogP contribution is 2.28. The Morgan fingerprint density at radius 1 is 1.44 bits per heavy atom. The van der Waals surface area contributed by atoms with E-state index in [9.17, 15) is 14.9 Å². The summed E-state index contributed by atoms with van der Waals surface area (Å²) in [5, 5.41) is 13.2. The van der Waals surface area contributed by atoms with Gasteiger partial charge in [0.1, 0.15) is 11.4 Å².